The molecular formula is C14H14BrNOS. The topological polar surface area (TPSA) is 20.3 Å². The normalized spacial score (nSPS) is 10.4. The summed E-state index contributed by atoms with van der Waals surface area (Å²) < 4.78 is 1.13. The molecule has 94 valence electrons. The highest BCUT2D eigenvalue weighted by Crippen LogP contribution is 2.23. The van der Waals surface area contributed by atoms with Crippen molar-refractivity contribution in [1.29, 1.82) is 0 Å². The molecule has 0 aliphatic heterocycles. The van der Waals surface area contributed by atoms with Gasteiger partial charge < -0.3 is 4.90 Å². The SMILES string of the molecule is CC(=O)c1ccc(N(C)Cc2cc(Br)cs2)cc1. The second-order valence-corrected chi connectivity index (χ2v) is 6.10. The average molecular weight is 324 g/mol. The summed E-state index contributed by atoms with van der Waals surface area (Å²) in [7, 11) is 2.05. The fourth-order valence-corrected chi connectivity index (χ4v) is 3.22. The zero-order valence-electron chi connectivity index (χ0n) is 10.3. The van der Waals surface area contributed by atoms with E-state index in [1.807, 2.05) is 24.3 Å². The number of benzene rings is 1. The Balaban J connectivity index is 2.09. The van der Waals surface area contributed by atoms with Crippen LogP contribution in [0.5, 0.6) is 0 Å². The fraction of sp³-hybridized carbons (Fsp3) is 0.214. The van der Waals surface area contributed by atoms with E-state index < -0.39 is 0 Å². The second-order valence-electron chi connectivity index (χ2n) is 4.19. The number of thiophene rings is 1. The molecule has 1 heterocycles. The molecule has 0 radical (unpaired) electrons. The van der Waals surface area contributed by atoms with Gasteiger partial charge in [0.2, 0.25) is 0 Å². The van der Waals surface area contributed by atoms with Crippen molar-refractivity contribution in [2.75, 3.05) is 11.9 Å². The summed E-state index contributed by atoms with van der Waals surface area (Å²) in [5.74, 6) is 0.103. The Kier molecular flexibility index (Phi) is 4.19. The molecule has 0 aliphatic rings. The molecule has 0 aliphatic carbocycles. The van der Waals surface area contributed by atoms with Crippen molar-refractivity contribution in [3.05, 3.63) is 50.6 Å². The molecule has 0 saturated heterocycles. The van der Waals surface area contributed by atoms with Crippen molar-refractivity contribution in [2.45, 2.75) is 13.5 Å². The van der Waals surface area contributed by atoms with Gasteiger partial charge in [-0.25, -0.2) is 0 Å². The zero-order chi connectivity index (χ0) is 13.1. The average Bonchev–Trinajstić information content (AvgIpc) is 2.75. The zero-order valence-corrected chi connectivity index (χ0v) is 12.7. The van der Waals surface area contributed by atoms with E-state index in [2.05, 4.69) is 39.3 Å². The number of nitrogens with zero attached hydrogens (tertiary/aromatic N) is 1. The lowest BCUT2D eigenvalue weighted by Gasteiger charge is -2.18. The number of rotatable bonds is 4. The van der Waals surface area contributed by atoms with E-state index in [0.717, 1.165) is 22.3 Å². The van der Waals surface area contributed by atoms with Crippen molar-refractivity contribution in [2.24, 2.45) is 0 Å². The Morgan fingerprint density at radius 3 is 2.50 bits per heavy atom. The summed E-state index contributed by atoms with van der Waals surface area (Å²) in [6.45, 7) is 2.46. The Labute approximate surface area is 119 Å². The molecule has 0 atom stereocenters. The Bertz CT molecular complexity index is 547. The number of ketones is 1. The first kappa shape index (κ1) is 13.3. The molecule has 0 bridgehead atoms. The van der Waals surface area contributed by atoms with E-state index in [0.29, 0.717) is 0 Å². The van der Waals surface area contributed by atoms with Crippen LogP contribution < -0.4 is 4.90 Å². The van der Waals surface area contributed by atoms with E-state index in [1.54, 1.807) is 18.3 Å². The third-order valence-corrected chi connectivity index (χ3v) is 4.41. The van der Waals surface area contributed by atoms with Crippen LogP contribution in [-0.2, 0) is 6.54 Å². The van der Waals surface area contributed by atoms with Crippen LogP contribution in [-0.4, -0.2) is 12.8 Å². The minimum absolute atomic E-state index is 0.103. The van der Waals surface area contributed by atoms with Crippen LogP contribution >= 0.6 is 27.3 Å². The summed E-state index contributed by atoms with van der Waals surface area (Å²) in [5.41, 5.74) is 1.87. The summed E-state index contributed by atoms with van der Waals surface area (Å²) in [6.07, 6.45) is 0. The molecule has 0 saturated carbocycles. The molecule has 0 unspecified atom stereocenters. The molecule has 0 fully saturated rings. The summed E-state index contributed by atoms with van der Waals surface area (Å²) in [4.78, 5) is 14.7. The molecule has 1 aromatic heterocycles. The van der Waals surface area contributed by atoms with Crippen LogP contribution in [0.3, 0.4) is 0 Å². The standard InChI is InChI=1S/C14H14BrNOS/c1-10(17)11-3-5-13(6-4-11)16(2)8-14-7-12(15)9-18-14/h3-7,9H,8H2,1-2H3. The molecule has 0 spiro atoms. The Morgan fingerprint density at radius 2 is 2.00 bits per heavy atom. The number of halogens is 1. The third-order valence-electron chi connectivity index (χ3n) is 2.73. The van der Waals surface area contributed by atoms with Crippen molar-refractivity contribution in [1.82, 2.24) is 0 Å². The fourth-order valence-electron chi connectivity index (χ4n) is 1.71. The van der Waals surface area contributed by atoms with Crippen LogP contribution in [0.15, 0.2) is 40.2 Å². The van der Waals surface area contributed by atoms with Crippen LogP contribution in [0.2, 0.25) is 0 Å². The first-order valence-corrected chi connectivity index (χ1v) is 7.28. The molecule has 2 nitrogen and oxygen atoms in total. The summed E-state index contributed by atoms with van der Waals surface area (Å²) in [5, 5.41) is 2.09. The quantitative estimate of drug-likeness (QED) is 0.779. The summed E-state index contributed by atoms with van der Waals surface area (Å²) in [6, 6.07) is 9.85. The van der Waals surface area contributed by atoms with Gasteiger partial charge in [-0.2, -0.15) is 0 Å². The van der Waals surface area contributed by atoms with Gasteiger partial charge in [-0.3, -0.25) is 4.79 Å². The number of hydrogen-bond acceptors (Lipinski definition) is 3. The van der Waals surface area contributed by atoms with Crippen LogP contribution in [0, 0.1) is 0 Å². The van der Waals surface area contributed by atoms with Gasteiger partial charge in [0, 0.05) is 33.0 Å². The van der Waals surface area contributed by atoms with E-state index >= 15 is 0 Å². The predicted molar refractivity (Wildman–Crippen MR) is 80.6 cm³/mol. The molecule has 0 amide bonds. The van der Waals surface area contributed by atoms with E-state index in [9.17, 15) is 4.79 Å². The molecule has 4 heteroatoms. The lowest BCUT2D eigenvalue weighted by atomic mass is 10.1. The largest absolute Gasteiger partial charge is 0.369 e. The maximum absolute atomic E-state index is 11.2. The first-order valence-electron chi connectivity index (χ1n) is 5.61. The maximum atomic E-state index is 11.2. The second kappa shape index (κ2) is 5.67. The monoisotopic (exact) mass is 323 g/mol. The van der Waals surface area contributed by atoms with Gasteiger partial charge in [-0.05, 0) is 53.2 Å². The minimum atomic E-state index is 0.103. The first-order chi connectivity index (χ1) is 8.56. The van der Waals surface area contributed by atoms with Gasteiger partial charge in [0.15, 0.2) is 5.78 Å². The molecule has 2 rings (SSSR count). The van der Waals surface area contributed by atoms with Crippen LogP contribution in [0.25, 0.3) is 0 Å². The van der Waals surface area contributed by atoms with E-state index in [4.69, 9.17) is 0 Å². The van der Waals surface area contributed by atoms with Gasteiger partial charge in [0.05, 0.1) is 6.54 Å². The van der Waals surface area contributed by atoms with Gasteiger partial charge in [-0.1, -0.05) is 0 Å². The van der Waals surface area contributed by atoms with Crippen molar-refractivity contribution < 1.29 is 4.79 Å². The maximum Gasteiger partial charge on any atom is 0.159 e. The lowest BCUT2D eigenvalue weighted by molar-refractivity contribution is 0.101. The van der Waals surface area contributed by atoms with Gasteiger partial charge >= 0.3 is 0 Å². The Morgan fingerprint density at radius 1 is 1.33 bits per heavy atom. The van der Waals surface area contributed by atoms with Gasteiger partial charge in [-0.15, -0.1) is 11.3 Å². The molecule has 0 N–H and O–H groups in total. The highest BCUT2D eigenvalue weighted by Gasteiger charge is 2.05. The van der Waals surface area contributed by atoms with Gasteiger partial charge in [0.1, 0.15) is 0 Å². The molecule has 18 heavy (non-hydrogen) atoms. The smallest absolute Gasteiger partial charge is 0.159 e. The number of anilines is 1. The highest BCUT2D eigenvalue weighted by atomic mass is 79.9. The summed E-state index contributed by atoms with van der Waals surface area (Å²) >= 11 is 5.20. The van der Waals surface area contributed by atoms with E-state index in [1.165, 1.54) is 4.88 Å². The lowest BCUT2D eigenvalue weighted by Crippen LogP contribution is -2.15. The van der Waals surface area contributed by atoms with Crippen LogP contribution in [0.4, 0.5) is 5.69 Å². The van der Waals surface area contributed by atoms with Crippen molar-refractivity contribution in [3.63, 3.8) is 0 Å². The molecular weight excluding hydrogens is 310 g/mol. The molecule has 2 aromatic rings. The third kappa shape index (κ3) is 3.21. The minimum Gasteiger partial charge on any atom is -0.369 e. The Hall–Kier alpha value is -1.13. The van der Waals surface area contributed by atoms with Crippen molar-refractivity contribution in [3.8, 4) is 0 Å². The number of hydrogen-bond donors (Lipinski definition) is 0. The van der Waals surface area contributed by atoms with Crippen LogP contribution in [0.1, 0.15) is 22.2 Å². The number of carbonyl (C=O) groups excluding carboxylic acids is 1. The predicted octanol–water partition coefficient (Wildman–Crippen LogP) is 4.35. The number of Topliss-reactive ketones (excluding diaryl/α,β-unsaturated/α-hetero) is 1. The molecule has 1 aromatic carbocycles. The highest BCUT2D eigenvalue weighted by molar-refractivity contribution is 9.10. The van der Waals surface area contributed by atoms with E-state index in [-0.39, 0.29) is 5.78 Å². The van der Waals surface area contributed by atoms with Gasteiger partial charge in [0.25, 0.3) is 0 Å². The number of carbonyl (C=O) groups is 1. The van der Waals surface area contributed by atoms with Crippen molar-refractivity contribution >= 4 is 38.7 Å².